The lowest BCUT2D eigenvalue weighted by Gasteiger charge is -2.01. The van der Waals surface area contributed by atoms with Gasteiger partial charge in [0.05, 0.1) is 6.26 Å². The van der Waals surface area contributed by atoms with Crippen LogP contribution in [0.1, 0.15) is 0 Å². The van der Waals surface area contributed by atoms with Gasteiger partial charge in [-0.3, -0.25) is 0 Å². The average Bonchev–Trinajstić information content (AvgIpc) is 2.07. The minimum absolute atomic E-state index is 0.805. The SMILES string of the molecule is C=COc1ccc(NC)cc1. The lowest BCUT2D eigenvalue weighted by molar-refractivity contribution is 0.483. The van der Waals surface area contributed by atoms with E-state index in [1.165, 1.54) is 6.26 Å². The van der Waals surface area contributed by atoms with Crippen molar-refractivity contribution in [2.24, 2.45) is 0 Å². The predicted octanol–water partition coefficient (Wildman–Crippen LogP) is 2.25. The van der Waals surface area contributed by atoms with Crippen LogP contribution < -0.4 is 10.1 Å². The second kappa shape index (κ2) is 3.66. The van der Waals surface area contributed by atoms with Crippen LogP contribution in [0.3, 0.4) is 0 Å². The quantitative estimate of drug-likeness (QED) is 0.665. The third kappa shape index (κ3) is 2.00. The highest BCUT2D eigenvalue weighted by atomic mass is 16.5. The van der Waals surface area contributed by atoms with Crippen molar-refractivity contribution in [3.05, 3.63) is 37.1 Å². The summed E-state index contributed by atoms with van der Waals surface area (Å²) >= 11 is 0. The highest BCUT2D eigenvalue weighted by molar-refractivity contribution is 5.45. The molecule has 0 saturated heterocycles. The molecular formula is C9H11NO. The molecule has 1 aromatic rings. The molecule has 0 atom stereocenters. The van der Waals surface area contributed by atoms with Crippen molar-refractivity contribution in [1.82, 2.24) is 0 Å². The number of anilines is 1. The first kappa shape index (κ1) is 7.66. The van der Waals surface area contributed by atoms with Crippen molar-refractivity contribution in [1.29, 1.82) is 0 Å². The number of hydrogen-bond donors (Lipinski definition) is 1. The molecule has 1 aromatic carbocycles. The Bertz CT molecular complexity index is 228. The van der Waals surface area contributed by atoms with Gasteiger partial charge in [-0.2, -0.15) is 0 Å². The van der Waals surface area contributed by atoms with Crippen LogP contribution in [0.15, 0.2) is 37.1 Å². The summed E-state index contributed by atoms with van der Waals surface area (Å²) in [6, 6.07) is 7.65. The van der Waals surface area contributed by atoms with Crippen molar-refractivity contribution in [2.45, 2.75) is 0 Å². The van der Waals surface area contributed by atoms with Crippen molar-refractivity contribution in [2.75, 3.05) is 12.4 Å². The van der Waals surface area contributed by atoms with Crippen LogP contribution in [0.25, 0.3) is 0 Å². The molecule has 0 spiro atoms. The van der Waals surface area contributed by atoms with Crippen LogP contribution in [0, 0.1) is 0 Å². The number of benzene rings is 1. The molecule has 0 amide bonds. The molecule has 1 rings (SSSR count). The first-order chi connectivity index (χ1) is 5.36. The summed E-state index contributed by atoms with van der Waals surface area (Å²) in [4.78, 5) is 0. The Labute approximate surface area is 66.5 Å². The molecule has 0 aliphatic rings. The first-order valence-electron chi connectivity index (χ1n) is 3.42. The Morgan fingerprint density at radius 2 is 2.00 bits per heavy atom. The molecule has 2 heteroatoms. The minimum Gasteiger partial charge on any atom is -0.466 e. The fourth-order valence-electron chi connectivity index (χ4n) is 0.796. The van der Waals surface area contributed by atoms with E-state index in [4.69, 9.17) is 4.74 Å². The Kier molecular flexibility index (Phi) is 2.55. The predicted molar refractivity (Wildman–Crippen MR) is 46.8 cm³/mol. The molecule has 58 valence electrons. The zero-order chi connectivity index (χ0) is 8.10. The van der Waals surface area contributed by atoms with Gasteiger partial charge in [0.25, 0.3) is 0 Å². The smallest absolute Gasteiger partial charge is 0.126 e. The highest BCUT2D eigenvalue weighted by Crippen LogP contribution is 2.14. The van der Waals surface area contributed by atoms with E-state index < -0.39 is 0 Å². The van der Waals surface area contributed by atoms with Gasteiger partial charge in [-0.25, -0.2) is 0 Å². The van der Waals surface area contributed by atoms with Crippen molar-refractivity contribution < 1.29 is 4.74 Å². The van der Waals surface area contributed by atoms with Crippen molar-refractivity contribution in [3.8, 4) is 5.75 Å². The third-order valence-electron chi connectivity index (χ3n) is 1.36. The van der Waals surface area contributed by atoms with Crippen LogP contribution >= 0.6 is 0 Å². The Morgan fingerprint density at radius 1 is 1.36 bits per heavy atom. The van der Waals surface area contributed by atoms with E-state index in [-0.39, 0.29) is 0 Å². The fourth-order valence-corrected chi connectivity index (χ4v) is 0.796. The molecule has 0 aliphatic carbocycles. The first-order valence-corrected chi connectivity index (χ1v) is 3.42. The monoisotopic (exact) mass is 149 g/mol. The van der Waals surface area contributed by atoms with Gasteiger partial charge in [0.15, 0.2) is 0 Å². The largest absolute Gasteiger partial charge is 0.466 e. The maximum Gasteiger partial charge on any atom is 0.126 e. The van der Waals surface area contributed by atoms with Crippen LogP contribution in [0.2, 0.25) is 0 Å². The average molecular weight is 149 g/mol. The van der Waals surface area contributed by atoms with Gasteiger partial charge < -0.3 is 10.1 Å². The van der Waals surface area contributed by atoms with Gasteiger partial charge in [-0.15, -0.1) is 0 Å². The molecule has 0 aromatic heterocycles. The molecule has 0 fully saturated rings. The maximum absolute atomic E-state index is 5.04. The van der Waals surface area contributed by atoms with E-state index in [1.807, 2.05) is 31.3 Å². The summed E-state index contributed by atoms with van der Waals surface area (Å²) in [6.07, 6.45) is 1.41. The molecule has 0 aliphatic heterocycles. The molecule has 0 unspecified atom stereocenters. The zero-order valence-corrected chi connectivity index (χ0v) is 6.50. The van der Waals surface area contributed by atoms with E-state index in [0.29, 0.717) is 0 Å². The maximum atomic E-state index is 5.04. The summed E-state index contributed by atoms with van der Waals surface area (Å²) in [5.41, 5.74) is 1.07. The standard InChI is InChI=1S/C9H11NO/c1-3-11-9-6-4-8(10-2)5-7-9/h3-7,10H,1H2,2H3. The molecule has 0 saturated carbocycles. The van der Waals surface area contributed by atoms with E-state index in [9.17, 15) is 0 Å². The summed E-state index contributed by atoms with van der Waals surface area (Å²) in [7, 11) is 1.88. The molecule has 11 heavy (non-hydrogen) atoms. The molecule has 2 nitrogen and oxygen atoms in total. The molecule has 0 heterocycles. The van der Waals surface area contributed by atoms with Gasteiger partial charge in [-0.1, -0.05) is 6.58 Å². The highest BCUT2D eigenvalue weighted by Gasteiger charge is 1.89. The second-order valence-corrected chi connectivity index (χ2v) is 2.06. The molecule has 1 N–H and O–H groups in total. The van der Waals surface area contributed by atoms with Gasteiger partial charge in [0.2, 0.25) is 0 Å². The summed E-state index contributed by atoms with van der Waals surface area (Å²) in [5, 5.41) is 3.01. The Balaban J connectivity index is 2.74. The van der Waals surface area contributed by atoms with Crippen LogP contribution in [-0.2, 0) is 0 Å². The molecular weight excluding hydrogens is 138 g/mol. The number of nitrogens with one attached hydrogen (secondary N) is 1. The van der Waals surface area contributed by atoms with Crippen LogP contribution in [0.4, 0.5) is 5.69 Å². The van der Waals surface area contributed by atoms with Gasteiger partial charge >= 0.3 is 0 Å². The second-order valence-electron chi connectivity index (χ2n) is 2.06. The lowest BCUT2D eigenvalue weighted by atomic mass is 10.3. The van der Waals surface area contributed by atoms with Gasteiger partial charge in [0, 0.05) is 12.7 Å². The van der Waals surface area contributed by atoms with E-state index in [1.54, 1.807) is 0 Å². The topological polar surface area (TPSA) is 21.3 Å². The van der Waals surface area contributed by atoms with Gasteiger partial charge in [-0.05, 0) is 24.3 Å². The number of hydrogen-bond acceptors (Lipinski definition) is 2. The lowest BCUT2D eigenvalue weighted by Crippen LogP contribution is -1.87. The van der Waals surface area contributed by atoms with E-state index in [2.05, 4.69) is 11.9 Å². The Hall–Kier alpha value is -1.44. The number of rotatable bonds is 3. The van der Waals surface area contributed by atoms with E-state index in [0.717, 1.165) is 11.4 Å². The minimum atomic E-state index is 0.805. The fraction of sp³-hybridized carbons (Fsp3) is 0.111. The zero-order valence-electron chi connectivity index (χ0n) is 6.50. The summed E-state index contributed by atoms with van der Waals surface area (Å²) in [5.74, 6) is 0.805. The van der Waals surface area contributed by atoms with Crippen molar-refractivity contribution in [3.63, 3.8) is 0 Å². The van der Waals surface area contributed by atoms with E-state index >= 15 is 0 Å². The van der Waals surface area contributed by atoms with Crippen LogP contribution in [-0.4, -0.2) is 7.05 Å². The summed E-state index contributed by atoms with van der Waals surface area (Å²) in [6.45, 7) is 3.46. The summed E-state index contributed by atoms with van der Waals surface area (Å²) < 4.78 is 5.04. The molecule has 0 bridgehead atoms. The van der Waals surface area contributed by atoms with Crippen molar-refractivity contribution >= 4 is 5.69 Å². The van der Waals surface area contributed by atoms with Crippen LogP contribution in [0.5, 0.6) is 5.75 Å². The third-order valence-corrected chi connectivity index (χ3v) is 1.36. The number of ether oxygens (including phenoxy) is 1. The normalized spacial score (nSPS) is 8.82. The van der Waals surface area contributed by atoms with Gasteiger partial charge in [0.1, 0.15) is 5.75 Å². The molecule has 0 radical (unpaired) electrons. The Morgan fingerprint density at radius 3 is 2.45 bits per heavy atom.